The summed E-state index contributed by atoms with van der Waals surface area (Å²) in [5, 5.41) is 3.23. The third kappa shape index (κ3) is 4.79. The molecule has 0 amide bonds. The summed E-state index contributed by atoms with van der Waals surface area (Å²) >= 11 is 0. The molecule has 6 aromatic carbocycles. The van der Waals surface area contributed by atoms with E-state index in [1.807, 2.05) is 36.4 Å². The lowest BCUT2D eigenvalue weighted by atomic mass is 10.0. The maximum Gasteiger partial charge on any atom is 0.183 e. The van der Waals surface area contributed by atoms with Crippen molar-refractivity contribution in [1.29, 1.82) is 0 Å². The summed E-state index contributed by atoms with van der Waals surface area (Å²) in [6.45, 7) is 0. The predicted molar refractivity (Wildman–Crippen MR) is 180 cm³/mol. The van der Waals surface area contributed by atoms with Crippen molar-refractivity contribution in [3.05, 3.63) is 158 Å². The number of fused-ring (bicyclic) bond motifs is 3. The van der Waals surface area contributed by atoms with Crippen LogP contribution in [0, 0.1) is 0 Å². The van der Waals surface area contributed by atoms with E-state index in [1.165, 1.54) is 11.1 Å². The molecular weight excluding hydrogens is 536 g/mol. The first-order valence-electron chi connectivity index (χ1n) is 14.7. The van der Waals surface area contributed by atoms with E-state index in [0.717, 1.165) is 49.6 Å². The summed E-state index contributed by atoms with van der Waals surface area (Å²) in [5.74, 6) is 1.76. The number of benzene rings is 6. The average molecular weight is 563 g/mol. The van der Waals surface area contributed by atoms with Gasteiger partial charge in [0.15, 0.2) is 17.5 Å². The molecule has 0 unspecified atom stereocenters. The van der Waals surface area contributed by atoms with E-state index in [1.54, 1.807) is 0 Å². The molecule has 2 heterocycles. The largest absolute Gasteiger partial charge is 0.244 e. The fraction of sp³-hybridized carbons (Fsp3) is 0. The van der Waals surface area contributed by atoms with Gasteiger partial charge in [-0.25, -0.2) is 19.9 Å². The van der Waals surface area contributed by atoms with Gasteiger partial charge in [0.2, 0.25) is 0 Å². The minimum Gasteiger partial charge on any atom is -0.244 e. The molecule has 0 N–H and O–H groups in total. The number of para-hydroxylation sites is 1. The van der Waals surface area contributed by atoms with Gasteiger partial charge in [-0.3, -0.25) is 0 Å². The lowest BCUT2D eigenvalue weighted by Gasteiger charge is -2.12. The molecule has 2 aromatic heterocycles. The molecule has 0 aliphatic carbocycles. The Balaban J connectivity index is 1.30. The molecule has 0 spiro atoms. The third-order valence-corrected chi connectivity index (χ3v) is 7.96. The maximum absolute atomic E-state index is 5.10. The number of rotatable bonds is 5. The highest BCUT2D eigenvalue weighted by Gasteiger charge is 2.17. The minimum absolute atomic E-state index is 0.547. The molecule has 0 aliphatic heterocycles. The Morgan fingerprint density at radius 1 is 0.250 bits per heavy atom. The van der Waals surface area contributed by atoms with Gasteiger partial charge in [0.25, 0.3) is 0 Å². The van der Waals surface area contributed by atoms with E-state index < -0.39 is 0 Å². The van der Waals surface area contributed by atoms with Crippen molar-refractivity contribution < 1.29 is 0 Å². The van der Waals surface area contributed by atoms with E-state index in [-0.39, 0.29) is 0 Å². The van der Waals surface area contributed by atoms with Crippen LogP contribution in [-0.2, 0) is 0 Å². The topological polar surface area (TPSA) is 51.6 Å². The summed E-state index contributed by atoms with van der Waals surface area (Å²) in [7, 11) is 0. The van der Waals surface area contributed by atoms with E-state index in [2.05, 4.69) is 121 Å². The van der Waals surface area contributed by atoms with Crippen molar-refractivity contribution in [2.45, 2.75) is 0 Å². The molecule has 44 heavy (non-hydrogen) atoms. The molecule has 4 nitrogen and oxygen atoms in total. The van der Waals surface area contributed by atoms with Crippen molar-refractivity contribution in [3.8, 4) is 56.5 Å². The first-order valence-corrected chi connectivity index (χ1v) is 14.7. The fourth-order valence-electron chi connectivity index (χ4n) is 5.70. The van der Waals surface area contributed by atoms with Crippen molar-refractivity contribution in [3.63, 3.8) is 0 Å². The summed E-state index contributed by atoms with van der Waals surface area (Å²) in [6, 6.07) is 54.1. The summed E-state index contributed by atoms with van der Waals surface area (Å²) in [4.78, 5) is 20.2. The minimum atomic E-state index is 0.547. The number of hydrogen-bond donors (Lipinski definition) is 0. The molecule has 0 radical (unpaired) electrons. The molecule has 0 saturated heterocycles. The van der Waals surface area contributed by atoms with Gasteiger partial charge in [0.05, 0.1) is 5.52 Å². The van der Waals surface area contributed by atoms with Crippen LogP contribution < -0.4 is 0 Å². The van der Waals surface area contributed by atoms with Crippen LogP contribution in [0.5, 0.6) is 0 Å². The first-order chi connectivity index (χ1) is 21.8. The molecule has 0 aliphatic rings. The monoisotopic (exact) mass is 562 g/mol. The second-order valence-electron chi connectivity index (χ2n) is 10.7. The zero-order valence-corrected chi connectivity index (χ0v) is 23.8. The van der Waals surface area contributed by atoms with Gasteiger partial charge in [0, 0.05) is 21.9 Å². The lowest BCUT2D eigenvalue weighted by molar-refractivity contribution is 1.07. The van der Waals surface area contributed by atoms with Gasteiger partial charge in [-0.1, -0.05) is 152 Å². The Hall–Kier alpha value is -6.00. The Kier molecular flexibility index (Phi) is 6.43. The third-order valence-electron chi connectivity index (χ3n) is 7.96. The van der Waals surface area contributed by atoms with Gasteiger partial charge in [-0.05, 0) is 33.7 Å². The molecule has 8 aromatic rings. The quantitative estimate of drug-likeness (QED) is 0.196. The van der Waals surface area contributed by atoms with E-state index >= 15 is 0 Å². The Bertz CT molecular complexity index is 2140. The standard InChI is InChI=1S/C40H26N4/c1-3-11-27(12-4-1)29-19-23-31(24-20-29)38-42-39(32-25-21-30(22-26-32)28-13-5-2-6-14-28)44-40(43-38)37-35-17-8-7-15-33(35)34-16-9-10-18-36(34)41-37/h1-26H. The van der Waals surface area contributed by atoms with Gasteiger partial charge in [0.1, 0.15) is 5.69 Å². The highest BCUT2D eigenvalue weighted by atomic mass is 15.0. The Morgan fingerprint density at radius 3 is 1.18 bits per heavy atom. The fourth-order valence-corrected chi connectivity index (χ4v) is 5.70. The van der Waals surface area contributed by atoms with Crippen LogP contribution in [0.3, 0.4) is 0 Å². The van der Waals surface area contributed by atoms with Crippen molar-refractivity contribution in [2.75, 3.05) is 0 Å². The number of aromatic nitrogens is 4. The summed E-state index contributed by atoms with van der Waals surface area (Å²) in [6.07, 6.45) is 0. The number of nitrogens with zero attached hydrogens (tertiary/aromatic N) is 4. The highest BCUT2D eigenvalue weighted by molar-refractivity contribution is 6.10. The van der Waals surface area contributed by atoms with Gasteiger partial charge < -0.3 is 0 Å². The Morgan fingerprint density at radius 2 is 0.636 bits per heavy atom. The molecular formula is C40H26N4. The van der Waals surface area contributed by atoms with Gasteiger partial charge >= 0.3 is 0 Å². The van der Waals surface area contributed by atoms with E-state index in [9.17, 15) is 0 Å². The van der Waals surface area contributed by atoms with Crippen LogP contribution in [0.1, 0.15) is 0 Å². The predicted octanol–water partition coefficient (Wildman–Crippen LogP) is 9.91. The SMILES string of the molecule is c1ccc(-c2ccc(-c3nc(-c4ccc(-c5ccccc5)cc4)nc(-c4nc5ccccc5c5ccccc45)n3)cc2)cc1. The second-order valence-corrected chi connectivity index (χ2v) is 10.7. The zero-order valence-electron chi connectivity index (χ0n) is 23.8. The smallest absolute Gasteiger partial charge is 0.183 e. The van der Waals surface area contributed by atoms with Gasteiger partial charge in [-0.15, -0.1) is 0 Å². The lowest BCUT2D eigenvalue weighted by Crippen LogP contribution is -2.02. The van der Waals surface area contributed by atoms with Gasteiger partial charge in [-0.2, -0.15) is 0 Å². The van der Waals surface area contributed by atoms with Crippen molar-refractivity contribution in [1.82, 2.24) is 19.9 Å². The van der Waals surface area contributed by atoms with Crippen LogP contribution in [-0.4, -0.2) is 19.9 Å². The summed E-state index contributed by atoms with van der Waals surface area (Å²) < 4.78 is 0. The normalized spacial score (nSPS) is 11.2. The molecule has 0 fully saturated rings. The van der Waals surface area contributed by atoms with Crippen LogP contribution in [0.2, 0.25) is 0 Å². The number of hydrogen-bond acceptors (Lipinski definition) is 4. The van der Waals surface area contributed by atoms with E-state index in [4.69, 9.17) is 19.9 Å². The molecule has 8 rings (SSSR count). The van der Waals surface area contributed by atoms with E-state index in [0.29, 0.717) is 17.5 Å². The van der Waals surface area contributed by atoms with Crippen LogP contribution in [0.15, 0.2) is 158 Å². The maximum atomic E-state index is 5.10. The summed E-state index contributed by atoms with van der Waals surface area (Å²) in [5.41, 5.74) is 8.10. The highest BCUT2D eigenvalue weighted by Crippen LogP contribution is 2.33. The van der Waals surface area contributed by atoms with Crippen LogP contribution in [0.4, 0.5) is 0 Å². The molecule has 0 saturated carbocycles. The first kappa shape index (κ1) is 25.7. The van der Waals surface area contributed by atoms with Crippen molar-refractivity contribution >= 4 is 21.7 Å². The average Bonchev–Trinajstić information content (AvgIpc) is 3.12. The van der Waals surface area contributed by atoms with Crippen LogP contribution >= 0.6 is 0 Å². The van der Waals surface area contributed by atoms with Crippen molar-refractivity contribution in [2.24, 2.45) is 0 Å². The zero-order chi connectivity index (χ0) is 29.3. The molecule has 4 heteroatoms. The Labute approximate surface area is 255 Å². The molecule has 0 bridgehead atoms. The van der Waals surface area contributed by atoms with Crippen LogP contribution in [0.25, 0.3) is 78.2 Å². The molecule has 206 valence electrons. The number of pyridine rings is 1. The molecule has 0 atom stereocenters. The second kappa shape index (κ2) is 11.0.